The summed E-state index contributed by atoms with van der Waals surface area (Å²) in [5.41, 5.74) is 15.1. The maximum Gasteiger partial charge on any atom is 0.250 e. The fourth-order valence-corrected chi connectivity index (χ4v) is 16.8. The van der Waals surface area contributed by atoms with Crippen molar-refractivity contribution in [2.75, 3.05) is 194 Å². The fourth-order valence-electron chi connectivity index (χ4n) is 16.8. The number of fused-ring (bicyclic) bond motifs is 15. The number of piperazine rings is 2. The highest BCUT2D eigenvalue weighted by Gasteiger charge is 2.47. The van der Waals surface area contributed by atoms with Crippen molar-refractivity contribution in [3.05, 3.63) is 175 Å². The number of likely N-dealkylation sites (N-methyl/N-ethyl adjacent to an activating group) is 5. The zero-order valence-electron chi connectivity index (χ0n) is 61.6. The number of hydrogen-bond acceptors (Lipinski definition) is 23. The molecule has 0 bridgehead atoms. The molecule has 3 unspecified atom stereocenters. The normalized spacial score (nSPS) is 20.3. The molecule has 3 N–H and O–H groups in total. The Morgan fingerprint density at radius 2 is 0.832 bits per heavy atom. The first-order chi connectivity index (χ1) is 52.3. The Morgan fingerprint density at radius 1 is 0.439 bits per heavy atom. The van der Waals surface area contributed by atoms with Crippen LogP contribution in [0.25, 0.3) is 0 Å². The van der Waals surface area contributed by atoms with Crippen LogP contribution in [0.5, 0.6) is 5.75 Å². The van der Waals surface area contributed by atoms with E-state index in [1.54, 1.807) is 61.5 Å². The Hall–Kier alpha value is -11.2. The Morgan fingerprint density at radius 3 is 1.26 bits per heavy atom. The van der Waals surface area contributed by atoms with Gasteiger partial charge in [-0.2, -0.15) is 15.0 Å². The van der Waals surface area contributed by atoms with E-state index in [4.69, 9.17) is 24.4 Å². The molecule has 10 aliphatic rings. The van der Waals surface area contributed by atoms with Crippen molar-refractivity contribution in [2.24, 2.45) is 0 Å². The van der Waals surface area contributed by atoms with Gasteiger partial charge >= 0.3 is 0 Å². The third kappa shape index (κ3) is 13.3. The molecule has 9 aromatic rings. The molecular formula is C81H91N21O5. The number of morpholine rings is 1. The van der Waals surface area contributed by atoms with Crippen molar-refractivity contribution in [3.8, 4) is 5.75 Å². The van der Waals surface area contributed by atoms with Gasteiger partial charge in [-0.05, 0) is 122 Å². The summed E-state index contributed by atoms with van der Waals surface area (Å²) in [6, 6.07) is 47.5. The van der Waals surface area contributed by atoms with Crippen LogP contribution < -0.4 is 64.8 Å². The molecule has 107 heavy (non-hydrogen) atoms. The molecule has 0 radical (unpaired) electrons. The van der Waals surface area contributed by atoms with Crippen LogP contribution in [0.1, 0.15) is 36.5 Å². The van der Waals surface area contributed by atoms with Gasteiger partial charge in [-0.1, -0.05) is 61.5 Å². The number of anilines is 18. The van der Waals surface area contributed by atoms with E-state index in [1.165, 1.54) is 35.3 Å². The molecule has 10 aliphatic heterocycles. The zero-order chi connectivity index (χ0) is 73.0. The number of ether oxygens (including phenoxy) is 2. The molecular weight excluding hydrogens is 1350 g/mol. The fraction of sp³-hybridized carbons (Fsp3) is 0.370. The summed E-state index contributed by atoms with van der Waals surface area (Å²) in [4.78, 5) is 93.3. The van der Waals surface area contributed by atoms with Gasteiger partial charge in [0.05, 0.1) is 44.6 Å². The van der Waals surface area contributed by atoms with Gasteiger partial charge in [0, 0.05) is 177 Å². The van der Waals surface area contributed by atoms with Gasteiger partial charge in [0.2, 0.25) is 35.6 Å². The van der Waals surface area contributed by atoms with Crippen LogP contribution in [0.4, 0.5) is 104 Å². The number of hydrogen-bond donors (Lipinski definition) is 3. The SMILES string of the molecule is CCN1CCN(c2ccc(Nc3ncc4c(n3)N3c5ccccc5CC3C(=O)N4C)cc2)CC1.CN1C(=O)C2Cc3ccccc3N2c2nc(Nc3ccc(N4CCC(N5CCOCC5)CC4)cc3)ncc21.COc1cc(N2CCN(C)CC2)ccc1Nc1ncc2c(n1)N1c3ccccc3CC1C(=O)N2C. The third-order valence-corrected chi connectivity index (χ3v) is 22.9. The topological polar surface area (TPSA) is 222 Å². The molecule has 13 heterocycles. The predicted octanol–water partition coefficient (Wildman–Crippen LogP) is 9.98. The van der Waals surface area contributed by atoms with E-state index < -0.39 is 0 Å². The smallest absolute Gasteiger partial charge is 0.250 e. The summed E-state index contributed by atoms with van der Waals surface area (Å²) < 4.78 is 11.2. The van der Waals surface area contributed by atoms with Gasteiger partial charge in [0.25, 0.3) is 0 Å². The van der Waals surface area contributed by atoms with Crippen LogP contribution in [0.15, 0.2) is 158 Å². The highest BCUT2D eigenvalue weighted by molar-refractivity contribution is 6.10. The van der Waals surface area contributed by atoms with Crippen molar-refractivity contribution in [2.45, 2.75) is 63.2 Å². The number of rotatable bonds is 12. The Bertz CT molecular complexity index is 4790. The minimum atomic E-state index is -0.287. The largest absolute Gasteiger partial charge is 0.494 e. The molecule has 3 atom stereocenters. The lowest BCUT2D eigenvalue weighted by atomic mass is 10.0. The summed E-state index contributed by atoms with van der Waals surface area (Å²) in [6.45, 7) is 17.7. The second kappa shape index (κ2) is 29.3. The summed E-state index contributed by atoms with van der Waals surface area (Å²) >= 11 is 0. The molecule has 4 saturated heterocycles. The highest BCUT2D eigenvalue weighted by atomic mass is 16.5. The molecule has 0 spiro atoms. The van der Waals surface area contributed by atoms with E-state index in [9.17, 15) is 14.4 Å². The van der Waals surface area contributed by atoms with Crippen molar-refractivity contribution in [1.29, 1.82) is 0 Å². The quantitative estimate of drug-likeness (QED) is 0.103. The van der Waals surface area contributed by atoms with Gasteiger partial charge in [0.15, 0.2) is 17.5 Å². The Kier molecular flexibility index (Phi) is 18.9. The molecule has 26 heteroatoms. The monoisotopic (exact) mass is 1440 g/mol. The highest BCUT2D eigenvalue weighted by Crippen LogP contribution is 2.49. The number of piperidine rings is 1. The van der Waals surface area contributed by atoms with Crippen LogP contribution >= 0.6 is 0 Å². The van der Waals surface area contributed by atoms with Gasteiger partial charge in [-0.15, -0.1) is 0 Å². The van der Waals surface area contributed by atoms with Crippen LogP contribution in [-0.4, -0.2) is 220 Å². The number of methoxy groups -OCH3 is 1. The molecule has 19 rings (SSSR count). The first-order valence-corrected chi connectivity index (χ1v) is 37.5. The van der Waals surface area contributed by atoms with E-state index >= 15 is 0 Å². The summed E-state index contributed by atoms with van der Waals surface area (Å²) in [6.07, 6.45) is 9.64. The number of carbonyl (C=O) groups is 3. The van der Waals surface area contributed by atoms with Crippen LogP contribution in [0, 0.1) is 0 Å². The van der Waals surface area contributed by atoms with Gasteiger partial charge in [0.1, 0.15) is 40.9 Å². The lowest BCUT2D eigenvalue weighted by Crippen LogP contribution is -2.49. The summed E-state index contributed by atoms with van der Waals surface area (Å²) in [5.74, 6) is 4.69. The average Bonchev–Trinajstić information content (AvgIpc) is 1.63. The number of nitrogens with zero attached hydrogens (tertiary/aromatic N) is 18. The van der Waals surface area contributed by atoms with Crippen molar-refractivity contribution >= 4 is 121 Å². The summed E-state index contributed by atoms with van der Waals surface area (Å²) in [7, 11) is 9.23. The summed E-state index contributed by atoms with van der Waals surface area (Å²) in [5, 5.41) is 10.1. The van der Waals surface area contributed by atoms with Gasteiger partial charge in [-0.25, -0.2) is 15.0 Å². The second-order valence-electron chi connectivity index (χ2n) is 29.0. The van der Waals surface area contributed by atoms with E-state index in [2.05, 4.69) is 175 Å². The average molecular weight is 1440 g/mol. The molecule has 3 aromatic heterocycles. The molecule has 3 amide bonds. The second-order valence-corrected chi connectivity index (χ2v) is 29.0. The van der Waals surface area contributed by atoms with E-state index in [1.807, 2.05) is 53.4 Å². The van der Waals surface area contributed by atoms with Crippen LogP contribution in [-0.2, 0) is 38.4 Å². The molecule has 0 aliphatic carbocycles. The standard InChI is InChI=1S/C29H33N7O2.C26H29N7O2.C26H29N7O/c1-33-26-19-30-29(32-27(26)36-24-5-3-2-4-20(24)18-25(36)28(33)37)31-21-6-8-22(9-7-21)34-12-10-23(11-13-34)35-14-16-38-17-15-35;1-30-10-12-32(13-11-30)18-8-9-19(23(15-18)35-3)28-26-27-16-22-24(29-26)33-20-7-5-4-6-17(20)14-21(33)25(34)31(22)2;1-3-31-12-14-32(15-13-31)20-10-8-19(9-11-20)28-26-27-17-23-24(29-26)33-21-7-5-4-6-18(21)16-22(33)25(34)30(23)2/h2-9,19,23,25H,10-18H2,1H3,(H,30,31,32);4-9,15-16,21H,10-14H2,1-3H3,(H,27,28,29);4-11,17,22H,3,12-16H2,1-2H3,(H,27,28,29). The first kappa shape index (κ1) is 68.9. The number of carbonyl (C=O) groups excluding carboxylic acids is 3. The lowest BCUT2D eigenvalue weighted by Gasteiger charge is -2.40. The Labute approximate surface area is 624 Å². The number of aromatic nitrogens is 6. The first-order valence-electron chi connectivity index (χ1n) is 37.5. The van der Waals surface area contributed by atoms with Crippen LogP contribution in [0.3, 0.4) is 0 Å². The molecule has 4 fully saturated rings. The van der Waals surface area contributed by atoms with E-state index in [0.717, 1.165) is 178 Å². The molecule has 26 nitrogen and oxygen atoms in total. The number of amides is 3. The zero-order valence-corrected chi connectivity index (χ0v) is 61.6. The van der Waals surface area contributed by atoms with E-state index in [0.29, 0.717) is 48.8 Å². The van der Waals surface area contributed by atoms with Crippen molar-refractivity contribution in [1.82, 2.24) is 44.6 Å². The van der Waals surface area contributed by atoms with Crippen molar-refractivity contribution < 1.29 is 23.9 Å². The minimum absolute atomic E-state index is 0.0548. The molecule has 0 saturated carbocycles. The minimum Gasteiger partial charge on any atom is -0.494 e. The Balaban J connectivity index is 0.000000118. The predicted molar refractivity (Wildman–Crippen MR) is 422 cm³/mol. The molecule has 6 aromatic carbocycles. The van der Waals surface area contributed by atoms with E-state index in [-0.39, 0.29) is 35.8 Å². The number of benzene rings is 6. The van der Waals surface area contributed by atoms with Crippen LogP contribution in [0.2, 0.25) is 0 Å². The molecule has 550 valence electrons. The number of para-hydroxylation sites is 3. The maximum atomic E-state index is 13.1. The number of nitrogens with one attached hydrogen (secondary N) is 3. The van der Waals surface area contributed by atoms with Crippen molar-refractivity contribution in [3.63, 3.8) is 0 Å². The van der Waals surface area contributed by atoms with Gasteiger partial charge in [-0.3, -0.25) is 19.3 Å². The third-order valence-electron chi connectivity index (χ3n) is 22.9. The van der Waals surface area contributed by atoms with Gasteiger partial charge < -0.3 is 79.3 Å². The lowest BCUT2D eigenvalue weighted by molar-refractivity contribution is -0.120. The maximum absolute atomic E-state index is 13.1.